The Morgan fingerprint density at radius 1 is 1.50 bits per heavy atom. The molecule has 3 unspecified atom stereocenters. The van der Waals surface area contributed by atoms with Crippen LogP contribution < -0.4 is 11.1 Å². The number of alkyl carbamates (subject to hydrolysis) is 1. The minimum Gasteiger partial charge on any atom is -0.444 e. The van der Waals surface area contributed by atoms with E-state index in [1.165, 1.54) is 0 Å². The van der Waals surface area contributed by atoms with Crippen LogP contribution >= 0.6 is 0 Å². The Morgan fingerprint density at radius 2 is 2.22 bits per heavy atom. The van der Waals surface area contributed by atoms with Crippen LogP contribution in [0.25, 0.3) is 0 Å². The van der Waals surface area contributed by atoms with E-state index in [0.29, 0.717) is 19.2 Å². The number of amides is 1. The summed E-state index contributed by atoms with van der Waals surface area (Å²) in [6.07, 6.45) is 3.28. The summed E-state index contributed by atoms with van der Waals surface area (Å²) in [6, 6.07) is 0. The van der Waals surface area contributed by atoms with Gasteiger partial charge in [-0.3, -0.25) is 0 Å². The normalized spacial score (nSPS) is 34.7. The summed E-state index contributed by atoms with van der Waals surface area (Å²) in [5, 5.41) is 2.84. The minimum absolute atomic E-state index is 0.0974. The fourth-order valence-electron chi connectivity index (χ4n) is 2.93. The lowest BCUT2D eigenvalue weighted by atomic mass is 9.74. The van der Waals surface area contributed by atoms with Gasteiger partial charge in [-0.1, -0.05) is 0 Å². The van der Waals surface area contributed by atoms with Gasteiger partial charge in [-0.15, -0.1) is 0 Å². The van der Waals surface area contributed by atoms with E-state index in [1.807, 2.05) is 20.8 Å². The van der Waals surface area contributed by atoms with Gasteiger partial charge in [0.05, 0.1) is 12.2 Å². The highest BCUT2D eigenvalue weighted by Crippen LogP contribution is 2.46. The monoisotopic (exact) mass is 256 g/mol. The van der Waals surface area contributed by atoms with Gasteiger partial charge < -0.3 is 20.5 Å². The number of hydrogen-bond donors (Lipinski definition) is 2. The topological polar surface area (TPSA) is 73.6 Å². The lowest BCUT2D eigenvalue weighted by Crippen LogP contribution is -2.49. The first kappa shape index (κ1) is 13.6. The van der Waals surface area contributed by atoms with Gasteiger partial charge >= 0.3 is 6.09 Å². The molecule has 3 atom stereocenters. The summed E-state index contributed by atoms with van der Waals surface area (Å²) in [5.41, 5.74) is 5.33. The molecule has 0 spiro atoms. The summed E-state index contributed by atoms with van der Waals surface area (Å²) in [6.45, 7) is 6.65. The summed E-state index contributed by atoms with van der Waals surface area (Å²) in [5.74, 6) is 0. The van der Waals surface area contributed by atoms with Crippen molar-refractivity contribution in [2.75, 3.05) is 13.1 Å². The maximum absolute atomic E-state index is 11.7. The average Bonchev–Trinajstić information content (AvgIpc) is 2.84. The number of nitrogens with one attached hydrogen (secondary N) is 1. The lowest BCUT2D eigenvalue weighted by Gasteiger charge is -2.34. The molecule has 0 aromatic carbocycles. The largest absolute Gasteiger partial charge is 0.444 e. The van der Waals surface area contributed by atoms with Crippen LogP contribution in [0.1, 0.15) is 40.0 Å². The molecule has 2 aliphatic heterocycles. The molecule has 2 saturated heterocycles. The van der Waals surface area contributed by atoms with E-state index < -0.39 is 5.60 Å². The molecule has 0 aromatic heterocycles. The molecular formula is C13H24N2O3. The standard InChI is InChI=1S/C13H24N2O3/c1-12(2,3)18-11(16)15-8-13(7-14)6-9-4-5-10(13)17-9/h9-10H,4-8,14H2,1-3H3,(H,15,16). The van der Waals surface area contributed by atoms with Gasteiger partial charge in [0, 0.05) is 18.5 Å². The highest BCUT2D eigenvalue weighted by molar-refractivity contribution is 5.67. The number of nitrogens with two attached hydrogens (primary N) is 1. The molecular weight excluding hydrogens is 232 g/mol. The summed E-state index contributed by atoms with van der Waals surface area (Å²) in [4.78, 5) is 11.7. The van der Waals surface area contributed by atoms with E-state index in [4.69, 9.17) is 15.2 Å². The van der Waals surface area contributed by atoms with Crippen LogP contribution in [0.5, 0.6) is 0 Å². The zero-order valence-corrected chi connectivity index (χ0v) is 11.5. The lowest BCUT2D eigenvalue weighted by molar-refractivity contribution is 0.0421. The fraction of sp³-hybridized carbons (Fsp3) is 0.923. The van der Waals surface area contributed by atoms with E-state index in [9.17, 15) is 4.79 Å². The Balaban J connectivity index is 1.87. The average molecular weight is 256 g/mol. The number of rotatable bonds is 3. The van der Waals surface area contributed by atoms with Gasteiger partial charge in [0.2, 0.25) is 0 Å². The molecule has 2 fully saturated rings. The van der Waals surface area contributed by atoms with Gasteiger partial charge in [0.15, 0.2) is 0 Å². The van der Waals surface area contributed by atoms with Crippen molar-refractivity contribution in [3.63, 3.8) is 0 Å². The van der Waals surface area contributed by atoms with Gasteiger partial charge in [-0.25, -0.2) is 4.79 Å². The van der Waals surface area contributed by atoms with Crippen LogP contribution in [-0.4, -0.2) is 37.0 Å². The Labute approximate surface area is 108 Å². The predicted molar refractivity (Wildman–Crippen MR) is 68.2 cm³/mol. The van der Waals surface area contributed by atoms with Gasteiger partial charge in [0.1, 0.15) is 5.60 Å². The number of fused-ring (bicyclic) bond motifs is 2. The molecule has 104 valence electrons. The first-order valence-corrected chi connectivity index (χ1v) is 6.67. The molecule has 5 heteroatoms. The highest BCUT2D eigenvalue weighted by Gasteiger charge is 2.51. The van der Waals surface area contributed by atoms with Crippen molar-refractivity contribution < 1.29 is 14.3 Å². The second-order valence-electron chi connectivity index (χ2n) is 6.45. The zero-order chi connectivity index (χ0) is 13.4. The second kappa shape index (κ2) is 4.70. The summed E-state index contributed by atoms with van der Waals surface area (Å²) < 4.78 is 11.1. The molecule has 0 aromatic rings. The smallest absolute Gasteiger partial charge is 0.407 e. The van der Waals surface area contributed by atoms with Crippen molar-refractivity contribution in [1.29, 1.82) is 0 Å². The summed E-state index contributed by atoms with van der Waals surface area (Å²) in [7, 11) is 0. The molecule has 18 heavy (non-hydrogen) atoms. The first-order valence-electron chi connectivity index (χ1n) is 6.67. The van der Waals surface area contributed by atoms with Crippen LogP contribution in [0.4, 0.5) is 4.79 Å². The first-order chi connectivity index (χ1) is 8.35. The maximum Gasteiger partial charge on any atom is 0.407 e. The van der Waals surface area contributed by atoms with Crippen molar-refractivity contribution in [3.05, 3.63) is 0 Å². The number of ether oxygens (including phenoxy) is 2. The van der Waals surface area contributed by atoms with Crippen molar-refractivity contribution >= 4 is 6.09 Å². The van der Waals surface area contributed by atoms with E-state index in [1.54, 1.807) is 0 Å². The maximum atomic E-state index is 11.7. The molecule has 5 nitrogen and oxygen atoms in total. The van der Waals surface area contributed by atoms with E-state index in [-0.39, 0.29) is 17.6 Å². The van der Waals surface area contributed by atoms with Crippen molar-refractivity contribution in [1.82, 2.24) is 5.32 Å². The minimum atomic E-state index is -0.467. The molecule has 0 aliphatic carbocycles. The Kier molecular flexibility index (Phi) is 3.56. The predicted octanol–water partition coefficient (Wildman–Crippen LogP) is 1.41. The number of carbonyl (C=O) groups excluding carboxylic acids is 1. The van der Waals surface area contributed by atoms with E-state index in [2.05, 4.69) is 5.32 Å². The van der Waals surface area contributed by atoms with E-state index in [0.717, 1.165) is 19.3 Å². The molecule has 2 bridgehead atoms. The number of hydrogen-bond acceptors (Lipinski definition) is 4. The van der Waals surface area contributed by atoms with Crippen LogP contribution in [0, 0.1) is 5.41 Å². The van der Waals surface area contributed by atoms with Crippen LogP contribution in [0.2, 0.25) is 0 Å². The Hall–Kier alpha value is -0.810. The van der Waals surface area contributed by atoms with Crippen molar-refractivity contribution in [2.24, 2.45) is 11.1 Å². The van der Waals surface area contributed by atoms with Crippen LogP contribution in [-0.2, 0) is 9.47 Å². The van der Waals surface area contributed by atoms with Crippen LogP contribution in [0.3, 0.4) is 0 Å². The van der Waals surface area contributed by atoms with Gasteiger partial charge in [-0.05, 0) is 40.0 Å². The molecule has 0 radical (unpaired) electrons. The van der Waals surface area contributed by atoms with Gasteiger partial charge in [-0.2, -0.15) is 0 Å². The fourth-order valence-corrected chi connectivity index (χ4v) is 2.93. The van der Waals surface area contributed by atoms with Gasteiger partial charge in [0.25, 0.3) is 0 Å². The van der Waals surface area contributed by atoms with Crippen molar-refractivity contribution in [3.8, 4) is 0 Å². The molecule has 2 heterocycles. The molecule has 2 aliphatic rings. The number of carbonyl (C=O) groups is 1. The third kappa shape index (κ3) is 2.78. The van der Waals surface area contributed by atoms with Crippen LogP contribution in [0.15, 0.2) is 0 Å². The highest BCUT2D eigenvalue weighted by atomic mass is 16.6. The third-order valence-corrected chi connectivity index (χ3v) is 3.81. The molecule has 0 saturated carbocycles. The quantitative estimate of drug-likeness (QED) is 0.800. The Morgan fingerprint density at radius 3 is 2.67 bits per heavy atom. The Bertz CT molecular complexity index is 327. The van der Waals surface area contributed by atoms with E-state index >= 15 is 0 Å². The second-order valence-corrected chi connectivity index (χ2v) is 6.45. The zero-order valence-electron chi connectivity index (χ0n) is 11.5. The van der Waals surface area contributed by atoms with Crippen molar-refractivity contribution in [2.45, 2.75) is 57.8 Å². The molecule has 3 N–H and O–H groups in total. The SMILES string of the molecule is CC(C)(C)OC(=O)NCC1(CN)CC2CCC1O2. The third-order valence-electron chi connectivity index (χ3n) is 3.81. The summed E-state index contributed by atoms with van der Waals surface area (Å²) >= 11 is 0. The molecule has 1 amide bonds. The molecule has 2 rings (SSSR count).